The fourth-order valence-corrected chi connectivity index (χ4v) is 3.09. The van der Waals surface area contributed by atoms with Gasteiger partial charge in [-0.15, -0.1) is 0 Å². The lowest BCUT2D eigenvalue weighted by Crippen LogP contribution is -2.14. The standard InChI is InChI=1S/C22H19F3N8O/c1-13-6-7-16(31-20(34)14-4-3-5-15(8-14)22(23,24)25)9-17(13)32-21-29-12-30-33(21)19-10-18(26-2)27-11-28-19/h3-12H,1-2H3,(H,31,34)(H,26,27,28)(H,29,30,32). The Morgan fingerprint density at radius 2 is 1.82 bits per heavy atom. The molecule has 4 rings (SSSR count). The van der Waals surface area contributed by atoms with Crippen LogP contribution in [0.4, 0.5) is 36.3 Å². The quantitative estimate of drug-likeness (QED) is 0.384. The van der Waals surface area contributed by atoms with Crippen LogP contribution in [0, 0.1) is 6.92 Å². The van der Waals surface area contributed by atoms with Crippen LogP contribution in [-0.4, -0.2) is 37.7 Å². The summed E-state index contributed by atoms with van der Waals surface area (Å²) in [6, 6.07) is 11.0. The number of halogens is 3. The maximum atomic E-state index is 13.0. The van der Waals surface area contributed by atoms with Gasteiger partial charge < -0.3 is 16.0 Å². The molecule has 1 amide bonds. The fourth-order valence-electron chi connectivity index (χ4n) is 3.09. The van der Waals surface area contributed by atoms with Gasteiger partial charge in [0, 0.05) is 30.1 Å². The first kappa shape index (κ1) is 22.7. The van der Waals surface area contributed by atoms with Crippen LogP contribution in [0.3, 0.4) is 0 Å². The summed E-state index contributed by atoms with van der Waals surface area (Å²) in [5.74, 6) is 0.780. The molecule has 0 aliphatic heterocycles. The molecule has 12 heteroatoms. The molecule has 174 valence electrons. The summed E-state index contributed by atoms with van der Waals surface area (Å²) in [6.07, 6.45) is -1.79. The van der Waals surface area contributed by atoms with Gasteiger partial charge in [-0.2, -0.15) is 27.9 Å². The lowest BCUT2D eigenvalue weighted by Gasteiger charge is -2.13. The summed E-state index contributed by atoms with van der Waals surface area (Å²) in [5.41, 5.74) is 0.843. The highest BCUT2D eigenvalue weighted by molar-refractivity contribution is 6.04. The van der Waals surface area contributed by atoms with E-state index in [9.17, 15) is 18.0 Å². The van der Waals surface area contributed by atoms with Crippen LogP contribution in [0.2, 0.25) is 0 Å². The number of anilines is 4. The van der Waals surface area contributed by atoms with Crippen molar-refractivity contribution >= 4 is 29.0 Å². The topological polar surface area (TPSA) is 110 Å². The Balaban J connectivity index is 1.56. The summed E-state index contributed by atoms with van der Waals surface area (Å²) in [5, 5.41) is 12.9. The van der Waals surface area contributed by atoms with Gasteiger partial charge in [-0.3, -0.25) is 4.79 Å². The molecule has 2 aromatic heterocycles. The number of hydrogen-bond acceptors (Lipinski definition) is 7. The molecule has 0 spiro atoms. The highest BCUT2D eigenvalue weighted by atomic mass is 19.4. The number of nitrogens with one attached hydrogen (secondary N) is 3. The van der Waals surface area contributed by atoms with Crippen molar-refractivity contribution in [3.8, 4) is 5.82 Å². The predicted octanol–water partition coefficient (Wildman–Crippen LogP) is 4.42. The van der Waals surface area contributed by atoms with Gasteiger partial charge in [-0.1, -0.05) is 12.1 Å². The Bertz CT molecular complexity index is 1340. The number of hydrogen-bond donors (Lipinski definition) is 3. The second-order valence-electron chi connectivity index (χ2n) is 7.19. The molecule has 0 bridgehead atoms. The molecule has 2 heterocycles. The van der Waals surface area contributed by atoms with Crippen molar-refractivity contribution in [1.82, 2.24) is 24.7 Å². The first-order valence-electron chi connectivity index (χ1n) is 10.0. The number of aromatic nitrogens is 5. The molecule has 0 radical (unpaired) electrons. The smallest absolute Gasteiger partial charge is 0.373 e. The van der Waals surface area contributed by atoms with E-state index >= 15 is 0 Å². The maximum Gasteiger partial charge on any atom is 0.416 e. The van der Waals surface area contributed by atoms with Crippen molar-refractivity contribution in [1.29, 1.82) is 0 Å². The van der Waals surface area contributed by atoms with E-state index in [1.807, 2.05) is 6.92 Å². The monoisotopic (exact) mass is 468 g/mol. The highest BCUT2D eigenvalue weighted by Gasteiger charge is 2.30. The molecule has 0 saturated heterocycles. The first-order chi connectivity index (χ1) is 16.2. The molecule has 3 N–H and O–H groups in total. The predicted molar refractivity (Wildman–Crippen MR) is 120 cm³/mol. The van der Waals surface area contributed by atoms with Gasteiger partial charge in [0.2, 0.25) is 5.95 Å². The van der Waals surface area contributed by atoms with Crippen LogP contribution in [0.15, 0.2) is 61.2 Å². The third kappa shape index (κ3) is 4.95. The molecule has 0 saturated carbocycles. The van der Waals surface area contributed by atoms with E-state index < -0.39 is 17.6 Å². The zero-order chi connectivity index (χ0) is 24.3. The molecule has 0 aliphatic carbocycles. The summed E-state index contributed by atoms with van der Waals surface area (Å²) in [6.45, 7) is 1.85. The van der Waals surface area contributed by atoms with Gasteiger partial charge in [-0.25, -0.2) is 9.97 Å². The van der Waals surface area contributed by atoms with Crippen molar-refractivity contribution in [3.05, 3.63) is 77.9 Å². The summed E-state index contributed by atoms with van der Waals surface area (Å²) < 4.78 is 40.4. The minimum atomic E-state index is -4.54. The summed E-state index contributed by atoms with van der Waals surface area (Å²) in [7, 11) is 1.73. The van der Waals surface area contributed by atoms with Crippen LogP contribution in [-0.2, 0) is 6.18 Å². The second-order valence-corrected chi connectivity index (χ2v) is 7.19. The molecule has 0 fully saturated rings. The van der Waals surface area contributed by atoms with Crippen molar-refractivity contribution in [2.45, 2.75) is 13.1 Å². The van der Waals surface area contributed by atoms with E-state index in [-0.39, 0.29) is 5.56 Å². The number of aryl methyl sites for hydroxylation is 1. The zero-order valence-electron chi connectivity index (χ0n) is 18.1. The van der Waals surface area contributed by atoms with Gasteiger partial charge in [0.05, 0.1) is 5.56 Å². The van der Waals surface area contributed by atoms with Crippen molar-refractivity contribution in [2.75, 3.05) is 23.0 Å². The second kappa shape index (κ2) is 9.17. The molecule has 0 atom stereocenters. The average molecular weight is 468 g/mol. The molecule has 0 aliphatic rings. The van der Waals surface area contributed by atoms with Gasteiger partial charge in [0.15, 0.2) is 5.82 Å². The van der Waals surface area contributed by atoms with Crippen LogP contribution in [0.5, 0.6) is 0 Å². The lowest BCUT2D eigenvalue weighted by atomic mass is 10.1. The van der Waals surface area contributed by atoms with E-state index in [2.05, 4.69) is 36.0 Å². The molecule has 34 heavy (non-hydrogen) atoms. The van der Waals surface area contributed by atoms with Gasteiger partial charge in [0.1, 0.15) is 18.5 Å². The maximum absolute atomic E-state index is 13.0. The van der Waals surface area contributed by atoms with E-state index in [0.29, 0.717) is 29.0 Å². The fraction of sp³-hybridized carbons (Fsp3) is 0.136. The van der Waals surface area contributed by atoms with Crippen LogP contribution in [0.25, 0.3) is 5.82 Å². The molecule has 0 unspecified atom stereocenters. The molecular weight excluding hydrogens is 449 g/mol. The Labute approximate surface area is 192 Å². The number of amides is 1. The Morgan fingerprint density at radius 3 is 2.59 bits per heavy atom. The lowest BCUT2D eigenvalue weighted by molar-refractivity contribution is -0.137. The normalized spacial score (nSPS) is 11.2. The minimum Gasteiger partial charge on any atom is -0.373 e. The number of alkyl halides is 3. The third-order valence-electron chi connectivity index (χ3n) is 4.87. The number of carbonyl (C=O) groups is 1. The van der Waals surface area contributed by atoms with E-state index in [1.165, 1.54) is 29.5 Å². The Hall–Kier alpha value is -4.48. The zero-order valence-corrected chi connectivity index (χ0v) is 18.1. The SMILES string of the molecule is CNc1cc(-n2ncnc2Nc2cc(NC(=O)c3cccc(C(F)(F)F)c3)ccc2C)ncn1. The molecule has 4 aromatic rings. The van der Waals surface area contributed by atoms with Gasteiger partial charge in [0.25, 0.3) is 5.91 Å². The Morgan fingerprint density at radius 1 is 1.00 bits per heavy atom. The largest absolute Gasteiger partial charge is 0.416 e. The van der Waals surface area contributed by atoms with Gasteiger partial charge in [-0.05, 0) is 42.8 Å². The number of nitrogens with zero attached hydrogens (tertiary/aromatic N) is 5. The van der Waals surface area contributed by atoms with Crippen LogP contribution < -0.4 is 16.0 Å². The van der Waals surface area contributed by atoms with Crippen molar-refractivity contribution in [3.63, 3.8) is 0 Å². The van der Waals surface area contributed by atoms with Crippen molar-refractivity contribution < 1.29 is 18.0 Å². The van der Waals surface area contributed by atoms with Crippen molar-refractivity contribution in [2.24, 2.45) is 0 Å². The number of benzene rings is 2. The van der Waals surface area contributed by atoms with E-state index in [4.69, 9.17) is 0 Å². The molecule has 2 aromatic carbocycles. The summed E-state index contributed by atoms with van der Waals surface area (Å²) in [4.78, 5) is 25.1. The van der Waals surface area contributed by atoms with Crippen LogP contribution in [0.1, 0.15) is 21.5 Å². The molecule has 9 nitrogen and oxygen atoms in total. The average Bonchev–Trinajstić information content (AvgIpc) is 3.29. The minimum absolute atomic E-state index is 0.103. The number of carbonyl (C=O) groups excluding carboxylic acids is 1. The third-order valence-corrected chi connectivity index (χ3v) is 4.87. The van der Waals surface area contributed by atoms with Crippen LogP contribution >= 0.6 is 0 Å². The number of rotatable bonds is 6. The van der Waals surface area contributed by atoms with Gasteiger partial charge >= 0.3 is 6.18 Å². The highest BCUT2D eigenvalue weighted by Crippen LogP contribution is 2.30. The Kier molecular flexibility index (Phi) is 6.13. The summed E-state index contributed by atoms with van der Waals surface area (Å²) >= 11 is 0. The van der Waals surface area contributed by atoms with E-state index in [1.54, 1.807) is 31.3 Å². The first-order valence-corrected chi connectivity index (χ1v) is 10.0. The molecular formula is C22H19F3N8O. The van der Waals surface area contributed by atoms with E-state index in [0.717, 1.165) is 17.7 Å².